The van der Waals surface area contributed by atoms with Crippen LogP contribution in [0.15, 0.2) is 9.85 Å². The first kappa shape index (κ1) is 12.2. The predicted molar refractivity (Wildman–Crippen MR) is 64.8 cm³/mol. The van der Waals surface area contributed by atoms with E-state index < -0.39 is 0 Å². The highest BCUT2D eigenvalue weighted by molar-refractivity contribution is 9.11. The lowest BCUT2D eigenvalue weighted by Crippen LogP contribution is -2.30. The molecule has 4 heteroatoms. The lowest BCUT2D eigenvalue weighted by atomic mass is 10.2. The van der Waals surface area contributed by atoms with Crippen LogP contribution in [0.4, 0.5) is 0 Å². The van der Waals surface area contributed by atoms with Crippen LogP contribution in [-0.4, -0.2) is 17.8 Å². The molecule has 0 saturated heterocycles. The number of aliphatic hydroxyl groups is 1. The lowest BCUT2D eigenvalue weighted by Gasteiger charge is -2.12. The summed E-state index contributed by atoms with van der Waals surface area (Å²) in [4.78, 5) is 1.31. The minimum absolute atomic E-state index is 0.210. The summed E-state index contributed by atoms with van der Waals surface area (Å²) >= 11 is 5.25. The van der Waals surface area contributed by atoms with Crippen LogP contribution in [0.5, 0.6) is 0 Å². The van der Waals surface area contributed by atoms with Crippen molar-refractivity contribution in [3.8, 4) is 0 Å². The molecule has 2 nitrogen and oxygen atoms in total. The second-order valence-electron chi connectivity index (χ2n) is 3.34. The number of aryl methyl sites for hydroxylation is 1. The van der Waals surface area contributed by atoms with Crippen molar-refractivity contribution in [3.05, 3.63) is 20.3 Å². The molecule has 0 spiro atoms. The average molecular weight is 278 g/mol. The molecular formula is C10H16BrNOS. The molecule has 14 heavy (non-hydrogen) atoms. The molecule has 0 saturated carbocycles. The van der Waals surface area contributed by atoms with E-state index in [2.05, 4.69) is 41.2 Å². The van der Waals surface area contributed by atoms with Gasteiger partial charge in [0.05, 0.1) is 10.4 Å². The fourth-order valence-electron chi connectivity index (χ4n) is 1.19. The zero-order valence-electron chi connectivity index (χ0n) is 8.51. The molecule has 1 rings (SSSR count). The van der Waals surface area contributed by atoms with Gasteiger partial charge in [0.2, 0.25) is 0 Å². The van der Waals surface area contributed by atoms with Crippen molar-refractivity contribution in [2.45, 2.75) is 32.9 Å². The molecule has 0 aliphatic carbocycles. The Balaban J connectivity index is 2.45. The molecule has 0 aliphatic heterocycles. The molecule has 0 unspecified atom stereocenters. The van der Waals surface area contributed by atoms with Crippen LogP contribution in [0.1, 0.15) is 23.8 Å². The summed E-state index contributed by atoms with van der Waals surface area (Å²) in [7, 11) is 0. The summed E-state index contributed by atoms with van der Waals surface area (Å²) in [6.07, 6.45) is 0.960. The van der Waals surface area contributed by atoms with Gasteiger partial charge in [-0.2, -0.15) is 0 Å². The summed E-state index contributed by atoms with van der Waals surface area (Å²) in [5, 5.41) is 12.3. The van der Waals surface area contributed by atoms with Crippen molar-refractivity contribution in [2.75, 3.05) is 6.61 Å². The van der Waals surface area contributed by atoms with Gasteiger partial charge in [-0.25, -0.2) is 0 Å². The van der Waals surface area contributed by atoms with Gasteiger partial charge < -0.3 is 10.4 Å². The molecule has 0 aromatic carbocycles. The van der Waals surface area contributed by atoms with Crippen LogP contribution in [-0.2, 0) is 6.54 Å². The van der Waals surface area contributed by atoms with Crippen LogP contribution < -0.4 is 5.32 Å². The zero-order valence-corrected chi connectivity index (χ0v) is 10.9. The van der Waals surface area contributed by atoms with Crippen molar-refractivity contribution in [1.82, 2.24) is 5.32 Å². The topological polar surface area (TPSA) is 32.3 Å². The number of hydrogen-bond donors (Lipinski definition) is 2. The van der Waals surface area contributed by atoms with Gasteiger partial charge in [0.15, 0.2) is 0 Å². The monoisotopic (exact) mass is 277 g/mol. The van der Waals surface area contributed by atoms with Gasteiger partial charge in [-0.15, -0.1) is 11.3 Å². The molecule has 0 aliphatic rings. The average Bonchev–Trinajstić information content (AvgIpc) is 2.48. The van der Waals surface area contributed by atoms with E-state index in [0.717, 1.165) is 13.0 Å². The normalized spacial score (nSPS) is 13.1. The van der Waals surface area contributed by atoms with E-state index in [4.69, 9.17) is 5.11 Å². The minimum atomic E-state index is 0.210. The third-order valence-corrected chi connectivity index (χ3v) is 4.32. The second-order valence-corrected chi connectivity index (χ2v) is 5.79. The van der Waals surface area contributed by atoms with E-state index >= 15 is 0 Å². The minimum Gasteiger partial charge on any atom is -0.395 e. The first-order valence-electron chi connectivity index (χ1n) is 4.76. The molecule has 80 valence electrons. The van der Waals surface area contributed by atoms with Crippen molar-refractivity contribution in [1.29, 1.82) is 0 Å². The standard InChI is InChI=1S/C10H16BrNOS/c1-3-8(6-13)12-5-9-4-7(2)10(11)14-9/h4,8,12-13H,3,5-6H2,1-2H3/t8-/m1/s1. The number of nitrogens with one attached hydrogen (secondary N) is 1. The smallest absolute Gasteiger partial charge is 0.0730 e. The Hall–Kier alpha value is 0.1000. The molecule has 1 aromatic rings. The van der Waals surface area contributed by atoms with Gasteiger partial charge in [-0.05, 0) is 40.9 Å². The van der Waals surface area contributed by atoms with E-state index in [9.17, 15) is 0 Å². The van der Waals surface area contributed by atoms with Crippen LogP contribution in [0.2, 0.25) is 0 Å². The fraction of sp³-hybridized carbons (Fsp3) is 0.600. The van der Waals surface area contributed by atoms with Gasteiger partial charge in [-0.1, -0.05) is 6.92 Å². The zero-order chi connectivity index (χ0) is 10.6. The Morgan fingerprint density at radius 2 is 2.36 bits per heavy atom. The summed E-state index contributed by atoms with van der Waals surface area (Å²) in [6, 6.07) is 2.39. The van der Waals surface area contributed by atoms with Crippen molar-refractivity contribution < 1.29 is 5.11 Å². The van der Waals surface area contributed by atoms with Gasteiger partial charge >= 0.3 is 0 Å². The van der Waals surface area contributed by atoms with Crippen molar-refractivity contribution in [2.24, 2.45) is 0 Å². The van der Waals surface area contributed by atoms with Gasteiger partial charge in [-0.3, -0.25) is 0 Å². The van der Waals surface area contributed by atoms with E-state index in [1.807, 2.05) is 0 Å². The van der Waals surface area contributed by atoms with Crippen molar-refractivity contribution >= 4 is 27.3 Å². The maximum absolute atomic E-state index is 9.00. The molecule has 0 amide bonds. The Morgan fingerprint density at radius 3 is 2.79 bits per heavy atom. The van der Waals surface area contributed by atoms with Crippen LogP contribution in [0, 0.1) is 6.92 Å². The Labute approximate surface area is 97.5 Å². The maximum atomic E-state index is 9.00. The van der Waals surface area contributed by atoms with E-state index in [1.54, 1.807) is 11.3 Å². The Kier molecular flexibility index (Phi) is 5.09. The molecular weight excluding hydrogens is 262 g/mol. The summed E-state index contributed by atoms with van der Waals surface area (Å²) in [5.41, 5.74) is 1.28. The maximum Gasteiger partial charge on any atom is 0.0730 e. The van der Waals surface area contributed by atoms with E-state index in [0.29, 0.717) is 0 Å². The molecule has 0 bridgehead atoms. The summed E-state index contributed by atoms with van der Waals surface area (Å²) < 4.78 is 1.20. The lowest BCUT2D eigenvalue weighted by molar-refractivity contribution is 0.238. The molecule has 1 aromatic heterocycles. The number of hydrogen-bond acceptors (Lipinski definition) is 3. The van der Waals surface area contributed by atoms with Crippen LogP contribution >= 0.6 is 27.3 Å². The number of halogens is 1. The summed E-state index contributed by atoms with van der Waals surface area (Å²) in [6.45, 7) is 5.22. The third-order valence-electron chi connectivity index (χ3n) is 2.19. The molecule has 2 N–H and O–H groups in total. The predicted octanol–water partition coefficient (Wildman–Crippen LogP) is 2.68. The quantitative estimate of drug-likeness (QED) is 0.868. The fourth-order valence-corrected chi connectivity index (χ4v) is 2.77. The number of rotatable bonds is 5. The van der Waals surface area contributed by atoms with Crippen LogP contribution in [0.3, 0.4) is 0 Å². The highest BCUT2D eigenvalue weighted by Crippen LogP contribution is 2.27. The number of aliphatic hydroxyl groups excluding tert-OH is 1. The number of thiophene rings is 1. The molecule has 0 radical (unpaired) electrons. The van der Waals surface area contributed by atoms with Crippen LogP contribution in [0.25, 0.3) is 0 Å². The van der Waals surface area contributed by atoms with Gasteiger partial charge in [0, 0.05) is 17.5 Å². The van der Waals surface area contributed by atoms with Crippen molar-refractivity contribution in [3.63, 3.8) is 0 Å². The van der Waals surface area contributed by atoms with E-state index in [1.165, 1.54) is 14.2 Å². The largest absolute Gasteiger partial charge is 0.395 e. The molecule has 1 atom stereocenters. The Morgan fingerprint density at radius 1 is 1.64 bits per heavy atom. The SMILES string of the molecule is CC[C@H](CO)NCc1cc(C)c(Br)s1. The highest BCUT2D eigenvalue weighted by Gasteiger charge is 2.06. The summed E-state index contributed by atoms with van der Waals surface area (Å²) in [5.74, 6) is 0. The second kappa shape index (κ2) is 5.85. The molecule has 1 heterocycles. The van der Waals surface area contributed by atoms with Gasteiger partial charge in [0.1, 0.15) is 0 Å². The third kappa shape index (κ3) is 3.35. The molecule has 0 fully saturated rings. The Bertz CT molecular complexity index is 264. The van der Waals surface area contributed by atoms with E-state index in [-0.39, 0.29) is 12.6 Å². The highest BCUT2D eigenvalue weighted by atomic mass is 79.9. The first-order valence-corrected chi connectivity index (χ1v) is 6.37. The first-order chi connectivity index (χ1) is 6.67. The van der Waals surface area contributed by atoms with Gasteiger partial charge in [0.25, 0.3) is 0 Å².